The van der Waals surface area contributed by atoms with Crippen LogP contribution in [0.2, 0.25) is 0 Å². The van der Waals surface area contributed by atoms with E-state index in [9.17, 15) is 24.5 Å². The lowest BCUT2D eigenvalue weighted by Gasteiger charge is -2.36. The summed E-state index contributed by atoms with van der Waals surface area (Å²) in [7, 11) is -2.98. The van der Waals surface area contributed by atoms with Gasteiger partial charge in [0.15, 0.2) is 5.34 Å². The van der Waals surface area contributed by atoms with Crippen molar-refractivity contribution in [2.75, 3.05) is 7.11 Å². The number of hydrogen-bond acceptors (Lipinski definition) is 8. The molecule has 0 spiro atoms. The molecular weight excluding hydrogens is 439 g/mol. The van der Waals surface area contributed by atoms with Gasteiger partial charge < -0.3 is 34.1 Å². The van der Waals surface area contributed by atoms with Crippen LogP contribution in [0.4, 0.5) is 0 Å². The Labute approximate surface area is 187 Å². The maximum Gasteiger partial charge on any atom is 0.359 e. The first kappa shape index (κ1) is 26.7. The molecule has 0 aromatic carbocycles. The molecule has 0 bridgehead atoms. The van der Waals surface area contributed by atoms with E-state index in [1.165, 1.54) is 21.0 Å². The van der Waals surface area contributed by atoms with Gasteiger partial charge in [-0.05, 0) is 47.0 Å². The van der Waals surface area contributed by atoms with Gasteiger partial charge in [-0.3, -0.25) is 9.36 Å². The molecule has 11 heteroatoms. The Morgan fingerprint density at radius 1 is 1.34 bits per heavy atom. The van der Waals surface area contributed by atoms with Crippen LogP contribution in [0.15, 0.2) is 4.79 Å². The minimum absolute atomic E-state index is 0.0405. The number of aliphatic hydroxyl groups is 2. The predicted octanol–water partition coefficient (Wildman–Crippen LogP) is 1.75. The normalized spacial score (nSPS) is 27.3. The lowest BCUT2D eigenvalue weighted by Crippen LogP contribution is -2.40. The fourth-order valence-electron chi connectivity index (χ4n) is 3.45. The average Bonchev–Trinajstić information content (AvgIpc) is 2.98. The number of aromatic nitrogens is 2. The number of hydrogen-bond donors (Lipinski definition) is 4. The van der Waals surface area contributed by atoms with Crippen molar-refractivity contribution in [3.05, 3.63) is 27.4 Å². The Morgan fingerprint density at radius 3 is 2.47 bits per heavy atom. The maximum absolute atomic E-state index is 12.6. The molecule has 1 aromatic heterocycles. The molecule has 32 heavy (non-hydrogen) atoms. The Balaban J connectivity index is 2.39. The number of aliphatic hydroxyl groups excluding tert-OH is 1. The molecule has 0 radical (unpaired) electrons. The zero-order valence-corrected chi connectivity index (χ0v) is 20.4. The molecule has 1 fully saturated rings. The summed E-state index contributed by atoms with van der Waals surface area (Å²) in [4.78, 5) is 29.3. The summed E-state index contributed by atoms with van der Waals surface area (Å²) in [5.41, 5.74) is -0.768. The molecule has 1 saturated heterocycles. The van der Waals surface area contributed by atoms with Gasteiger partial charge in [-0.1, -0.05) is 12.8 Å². The monoisotopic (exact) mass is 472 g/mol. The summed E-state index contributed by atoms with van der Waals surface area (Å²) in [6.45, 7) is 8.93. The van der Waals surface area contributed by atoms with Crippen LogP contribution >= 0.6 is 7.60 Å². The summed E-state index contributed by atoms with van der Waals surface area (Å²) in [5, 5.41) is 19.0. The SMILES string of the molecule is CC#Cc1[nH]c(=O)c(C)nc1[C@@H]1O[C@H](CC(C)(CC)OP(=O)(O)C(C)(C)O)C(O)[C@@H]1OC. The van der Waals surface area contributed by atoms with Crippen LogP contribution in [-0.4, -0.2) is 61.4 Å². The molecule has 2 heterocycles. The van der Waals surface area contributed by atoms with Crippen LogP contribution in [0, 0.1) is 18.8 Å². The summed E-state index contributed by atoms with van der Waals surface area (Å²) in [6, 6.07) is 0. The van der Waals surface area contributed by atoms with Gasteiger partial charge in [0.2, 0.25) is 0 Å². The van der Waals surface area contributed by atoms with E-state index in [-0.39, 0.29) is 23.4 Å². The lowest BCUT2D eigenvalue weighted by atomic mass is 9.92. The fraction of sp³-hybridized carbons (Fsp3) is 0.714. The molecule has 1 aromatic rings. The van der Waals surface area contributed by atoms with E-state index >= 15 is 0 Å². The van der Waals surface area contributed by atoms with Crippen LogP contribution in [-0.2, 0) is 18.6 Å². The van der Waals surface area contributed by atoms with Gasteiger partial charge >= 0.3 is 7.60 Å². The highest BCUT2D eigenvalue weighted by Gasteiger charge is 2.51. The largest absolute Gasteiger partial charge is 0.388 e. The lowest BCUT2D eigenvalue weighted by molar-refractivity contribution is -0.0528. The van der Waals surface area contributed by atoms with Gasteiger partial charge in [-0.2, -0.15) is 0 Å². The Morgan fingerprint density at radius 2 is 1.97 bits per heavy atom. The van der Waals surface area contributed by atoms with Crippen LogP contribution < -0.4 is 5.56 Å². The first-order valence-corrected chi connectivity index (χ1v) is 11.9. The zero-order valence-electron chi connectivity index (χ0n) is 19.5. The van der Waals surface area contributed by atoms with Crippen molar-refractivity contribution < 1.29 is 33.7 Å². The van der Waals surface area contributed by atoms with Crippen molar-refractivity contribution in [2.24, 2.45) is 0 Å². The molecular formula is C21H33N2O8P. The number of ether oxygens (including phenoxy) is 2. The predicted molar refractivity (Wildman–Crippen MR) is 117 cm³/mol. The third-order valence-electron chi connectivity index (χ3n) is 5.66. The van der Waals surface area contributed by atoms with Crippen molar-refractivity contribution >= 4 is 7.60 Å². The number of H-pyrrole nitrogens is 1. The molecule has 3 unspecified atom stereocenters. The molecule has 1 aliphatic heterocycles. The molecule has 6 atom stereocenters. The van der Waals surface area contributed by atoms with Crippen molar-refractivity contribution in [1.29, 1.82) is 0 Å². The topological polar surface area (TPSA) is 151 Å². The number of aryl methyl sites for hydroxylation is 1. The number of nitrogens with zero attached hydrogens (tertiary/aromatic N) is 1. The van der Waals surface area contributed by atoms with Gasteiger partial charge in [-0.25, -0.2) is 4.98 Å². The quantitative estimate of drug-likeness (QED) is 0.328. The van der Waals surface area contributed by atoms with Crippen molar-refractivity contribution in [2.45, 2.75) is 89.7 Å². The zero-order chi connectivity index (χ0) is 24.5. The number of nitrogens with one attached hydrogen (secondary N) is 1. The number of methoxy groups -OCH3 is 1. The second kappa shape index (κ2) is 9.74. The van der Waals surface area contributed by atoms with E-state index in [1.54, 1.807) is 27.7 Å². The Kier molecular flexibility index (Phi) is 8.12. The van der Waals surface area contributed by atoms with E-state index in [4.69, 9.17) is 14.0 Å². The van der Waals surface area contributed by atoms with Crippen LogP contribution in [0.25, 0.3) is 0 Å². The minimum atomic E-state index is -4.40. The van der Waals surface area contributed by atoms with Gasteiger partial charge in [0, 0.05) is 13.5 Å². The van der Waals surface area contributed by atoms with Gasteiger partial charge in [0.1, 0.15) is 35.4 Å². The molecule has 4 N–H and O–H groups in total. The maximum atomic E-state index is 12.6. The molecule has 2 rings (SSSR count). The molecule has 10 nitrogen and oxygen atoms in total. The molecule has 1 aliphatic rings. The van der Waals surface area contributed by atoms with Crippen molar-refractivity contribution in [3.8, 4) is 11.8 Å². The second-order valence-corrected chi connectivity index (χ2v) is 11.0. The van der Waals surface area contributed by atoms with Crippen LogP contribution in [0.3, 0.4) is 0 Å². The smallest absolute Gasteiger partial charge is 0.359 e. The van der Waals surface area contributed by atoms with Crippen LogP contribution in [0.5, 0.6) is 0 Å². The van der Waals surface area contributed by atoms with E-state index in [0.717, 1.165) is 0 Å². The third-order valence-corrected chi connectivity index (χ3v) is 7.73. The van der Waals surface area contributed by atoms with Gasteiger partial charge in [0.05, 0.1) is 11.7 Å². The first-order valence-electron chi connectivity index (χ1n) is 10.4. The number of rotatable bonds is 8. The van der Waals surface area contributed by atoms with E-state index in [1.807, 2.05) is 0 Å². The Bertz CT molecular complexity index is 992. The van der Waals surface area contributed by atoms with Gasteiger partial charge in [0.25, 0.3) is 5.56 Å². The average molecular weight is 472 g/mol. The third kappa shape index (κ3) is 5.49. The van der Waals surface area contributed by atoms with Gasteiger partial charge in [-0.15, -0.1) is 0 Å². The molecule has 0 aliphatic carbocycles. The summed E-state index contributed by atoms with van der Waals surface area (Å²) < 4.78 is 29.6. The molecule has 0 saturated carbocycles. The highest BCUT2D eigenvalue weighted by atomic mass is 31.2. The van der Waals surface area contributed by atoms with Crippen molar-refractivity contribution in [3.63, 3.8) is 0 Å². The fourth-order valence-corrected chi connectivity index (χ4v) is 4.48. The standard InChI is InChI=1S/C21H33N2O8P/c1-8-10-13-15(22-12(3)19(25)23-13)17-18(29-7)16(24)14(30-17)11-21(6,9-2)31-32(27,28)20(4,5)26/h14,16-18,24,26H,9,11H2,1-7H3,(H,23,25)(H,27,28)/t14-,16?,17+,18+,21?/m1/s1. The molecule has 180 valence electrons. The highest BCUT2D eigenvalue weighted by Crippen LogP contribution is 2.57. The summed E-state index contributed by atoms with van der Waals surface area (Å²) in [5.74, 6) is 5.51. The minimum Gasteiger partial charge on any atom is -0.388 e. The van der Waals surface area contributed by atoms with E-state index < -0.39 is 43.0 Å². The van der Waals surface area contributed by atoms with E-state index in [2.05, 4.69) is 21.8 Å². The first-order chi connectivity index (χ1) is 14.7. The van der Waals surface area contributed by atoms with Crippen LogP contribution in [0.1, 0.15) is 70.6 Å². The summed E-state index contributed by atoms with van der Waals surface area (Å²) >= 11 is 0. The number of aromatic amines is 1. The molecule has 0 amide bonds. The van der Waals surface area contributed by atoms with Crippen molar-refractivity contribution in [1.82, 2.24) is 9.97 Å². The second-order valence-electron chi connectivity index (χ2n) is 8.69. The van der Waals surface area contributed by atoms with E-state index in [0.29, 0.717) is 12.1 Å². The Hall–Kier alpha value is -1.57. The summed E-state index contributed by atoms with van der Waals surface area (Å²) in [6.07, 6.45) is -3.28. The highest BCUT2D eigenvalue weighted by molar-refractivity contribution is 7.54.